The molecule has 0 unspecified atom stereocenters. The smallest absolute Gasteiger partial charge is 0.127 e. The lowest BCUT2D eigenvalue weighted by Crippen LogP contribution is -2.25. The monoisotopic (exact) mass is 249 g/mol. The van der Waals surface area contributed by atoms with Gasteiger partial charge >= 0.3 is 0 Å². The number of hydrogen-bond donors (Lipinski definition) is 1. The lowest BCUT2D eigenvalue weighted by molar-refractivity contribution is 0.388. The molecule has 0 atom stereocenters. The molecule has 1 saturated carbocycles. The fraction of sp³-hybridized carbons (Fsp3) is 0.800. The fourth-order valence-corrected chi connectivity index (χ4v) is 2.76. The summed E-state index contributed by atoms with van der Waals surface area (Å²) < 4.78 is 2.28. The van der Waals surface area contributed by atoms with Crippen molar-refractivity contribution in [3.8, 4) is 0 Å². The second-order valence-electron chi connectivity index (χ2n) is 6.53. The van der Waals surface area contributed by atoms with Crippen molar-refractivity contribution in [3.63, 3.8) is 0 Å². The number of aromatic nitrogens is 2. The van der Waals surface area contributed by atoms with Gasteiger partial charge in [0.15, 0.2) is 0 Å². The van der Waals surface area contributed by atoms with Crippen LogP contribution in [-0.2, 0) is 5.54 Å². The Morgan fingerprint density at radius 2 is 1.83 bits per heavy atom. The Morgan fingerprint density at radius 3 is 2.22 bits per heavy atom. The molecule has 1 fully saturated rings. The molecule has 1 aromatic rings. The number of anilines is 1. The van der Waals surface area contributed by atoms with Crippen LogP contribution in [-0.4, -0.2) is 9.55 Å². The van der Waals surface area contributed by atoms with Gasteiger partial charge in [-0.25, -0.2) is 4.98 Å². The minimum absolute atomic E-state index is 0.0271. The summed E-state index contributed by atoms with van der Waals surface area (Å²) in [4.78, 5) is 4.92. The minimum Gasteiger partial charge on any atom is -0.384 e. The highest BCUT2D eigenvalue weighted by Crippen LogP contribution is 2.44. The first-order valence-electron chi connectivity index (χ1n) is 7.28. The van der Waals surface area contributed by atoms with Crippen molar-refractivity contribution in [1.29, 1.82) is 0 Å². The van der Waals surface area contributed by atoms with Gasteiger partial charge in [0.25, 0.3) is 0 Å². The molecule has 1 aliphatic rings. The summed E-state index contributed by atoms with van der Waals surface area (Å²) in [6, 6.07) is 0. The molecule has 0 spiro atoms. The van der Waals surface area contributed by atoms with Gasteiger partial charge in [0.2, 0.25) is 0 Å². The first kappa shape index (κ1) is 13.4. The standard InChI is InChI=1S/C15H27N3/c1-6-10(7-2)12-13(16)18(15(3,4)5)14(17-12)11-8-9-11/h10-11H,6-9,16H2,1-5H3. The molecule has 3 nitrogen and oxygen atoms in total. The van der Waals surface area contributed by atoms with Gasteiger partial charge < -0.3 is 10.3 Å². The van der Waals surface area contributed by atoms with E-state index in [0.717, 1.165) is 24.4 Å². The van der Waals surface area contributed by atoms with E-state index < -0.39 is 0 Å². The number of nitrogens with two attached hydrogens (primary N) is 1. The first-order valence-corrected chi connectivity index (χ1v) is 7.28. The van der Waals surface area contributed by atoms with Gasteiger partial charge in [-0.15, -0.1) is 0 Å². The van der Waals surface area contributed by atoms with Crippen LogP contribution in [0.3, 0.4) is 0 Å². The third kappa shape index (κ3) is 2.27. The Bertz CT molecular complexity index is 418. The molecule has 1 aliphatic carbocycles. The first-order chi connectivity index (χ1) is 8.40. The molecular formula is C15H27N3. The molecule has 0 saturated heterocycles. The van der Waals surface area contributed by atoms with Crippen molar-refractivity contribution in [2.75, 3.05) is 5.73 Å². The lowest BCUT2D eigenvalue weighted by atomic mass is 9.99. The van der Waals surface area contributed by atoms with E-state index in [0.29, 0.717) is 11.8 Å². The number of hydrogen-bond acceptors (Lipinski definition) is 2. The summed E-state index contributed by atoms with van der Waals surface area (Å²) in [5.74, 6) is 3.28. The van der Waals surface area contributed by atoms with Crippen LogP contribution in [0.25, 0.3) is 0 Å². The van der Waals surface area contributed by atoms with Crippen LogP contribution < -0.4 is 5.73 Å². The average Bonchev–Trinajstić information content (AvgIpc) is 3.05. The van der Waals surface area contributed by atoms with Crippen LogP contribution in [0.2, 0.25) is 0 Å². The van der Waals surface area contributed by atoms with Gasteiger partial charge in [0.1, 0.15) is 11.6 Å². The molecule has 1 heterocycles. The normalized spacial score (nSPS) is 16.6. The van der Waals surface area contributed by atoms with Crippen LogP contribution >= 0.6 is 0 Å². The maximum atomic E-state index is 6.41. The van der Waals surface area contributed by atoms with E-state index in [1.807, 2.05) is 0 Å². The molecule has 1 aromatic heterocycles. The lowest BCUT2D eigenvalue weighted by Gasteiger charge is -2.25. The third-order valence-corrected chi connectivity index (χ3v) is 3.95. The zero-order valence-corrected chi connectivity index (χ0v) is 12.5. The Morgan fingerprint density at radius 1 is 1.28 bits per heavy atom. The predicted molar refractivity (Wildman–Crippen MR) is 76.9 cm³/mol. The maximum Gasteiger partial charge on any atom is 0.127 e. The molecule has 0 amide bonds. The Hall–Kier alpha value is -0.990. The molecule has 2 rings (SSSR count). The number of nitrogens with zero attached hydrogens (tertiary/aromatic N) is 2. The van der Waals surface area contributed by atoms with Crippen molar-refractivity contribution < 1.29 is 0 Å². The fourth-order valence-electron chi connectivity index (χ4n) is 2.76. The van der Waals surface area contributed by atoms with E-state index in [4.69, 9.17) is 10.7 Å². The average molecular weight is 249 g/mol. The van der Waals surface area contributed by atoms with Crippen LogP contribution in [0.4, 0.5) is 5.82 Å². The molecule has 0 aromatic carbocycles. The van der Waals surface area contributed by atoms with Crippen LogP contribution in [0.5, 0.6) is 0 Å². The predicted octanol–water partition coefficient (Wildman–Crippen LogP) is 4.00. The molecule has 102 valence electrons. The molecule has 3 heteroatoms. The highest BCUT2D eigenvalue weighted by molar-refractivity contribution is 5.43. The summed E-state index contributed by atoms with van der Waals surface area (Å²) in [5.41, 5.74) is 7.57. The van der Waals surface area contributed by atoms with Gasteiger partial charge in [-0.2, -0.15) is 0 Å². The molecular weight excluding hydrogens is 222 g/mol. The van der Waals surface area contributed by atoms with Crippen LogP contribution in [0, 0.1) is 0 Å². The largest absolute Gasteiger partial charge is 0.384 e. The Kier molecular flexibility index (Phi) is 3.43. The van der Waals surface area contributed by atoms with E-state index in [2.05, 4.69) is 39.2 Å². The molecule has 0 aliphatic heterocycles. The van der Waals surface area contributed by atoms with Gasteiger partial charge in [0, 0.05) is 17.4 Å². The maximum absolute atomic E-state index is 6.41. The van der Waals surface area contributed by atoms with Crippen molar-refractivity contribution in [2.45, 2.75) is 77.7 Å². The van der Waals surface area contributed by atoms with E-state index >= 15 is 0 Å². The van der Waals surface area contributed by atoms with E-state index in [-0.39, 0.29) is 5.54 Å². The Labute approximate surface area is 111 Å². The van der Waals surface area contributed by atoms with Gasteiger partial charge in [-0.1, -0.05) is 13.8 Å². The van der Waals surface area contributed by atoms with E-state index in [1.54, 1.807) is 0 Å². The van der Waals surface area contributed by atoms with Crippen molar-refractivity contribution in [3.05, 3.63) is 11.5 Å². The summed E-state index contributed by atoms with van der Waals surface area (Å²) in [6.07, 6.45) is 4.78. The quantitative estimate of drug-likeness (QED) is 0.876. The third-order valence-electron chi connectivity index (χ3n) is 3.95. The van der Waals surface area contributed by atoms with Crippen LogP contribution in [0.1, 0.15) is 83.7 Å². The Balaban J connectivity index is 2.50. The van der Waals surface area contributed by atoms with Crippen molar-refractivity contribution in [1.82, 2.24) is 9.55 Å². The van der Waals surface area contributed by atoms with Crippen LogP contribution in [0.15, 0.2) is 0 Å². The summed E-state index contributed by atoms with van der Waals surface area (Å²) in [5, 5.41) is 0. The van der Waals surface area contributed by atoms with Gasteiger partial charge in [-0.3, -0.25) is 0 Å². The van der Waals surface area contributed by atoms with Gasteiger partial charge in [0.05, 0.1) is 5.69 Å². The molecule has 0 bridgehead atoms. The second kappa shape index (κ2) is 4.60. The minimum atomic E-state index is 0.0271. The summed E-state index contributed by atoms with van der Waals surface area (Å²) in [6.45, 7) is 11.1. The highest BCUT2D eigenvalue weighted by atomic mass is 15.2. The van der Waals surface area contributed by atoms with E-state index in [1.165, 1.54) is 18.7 Å². The summed E-state index contributed by atoms with van der Waals surface area (Å²) in [7, 11) is 0. The number of rotatable bonds is 4. The number of imidazole rings is 1. The number of nitrogen functional groups attached to an aromatic ring is 1. The molecule has 18 heavy (non-hydrogen) atoms. The molecule has 2 N–H and O–H groups in total. The van der Waals surface area contributed by atoms with E-state index in [9.17, 15) is 0 Å². The summed E-state index contributed by atoms with van der Waals surface area (Å²) >= 11 is 0. The zero-order valence-electron chi connectivity index (χ0n) is 12.5. The van der Waals surface area contributed by atoms with Crippen molar-refractivity contribution >= 4 is 5.82 Å². The SMILES string of the molecule is CCC(CC)c1nc(C2CC2)n(C(C)(C)C)c1N. The zero-order chi connectivity index (χ0) is 13.5. The van der Waals surface area contributed by atoms with Crippen molar-refractivity contribution in [2.24, 2.45) is 0 Å². The second-order valence-corrected chi connectivity index (χ2v) is 6.53. The van der Waals surface area contributed by atoms with Gasteiger partial charge in [-0.05, 0) is 46.5 Å². The molecule has 0 radical (unpaired) electrons. The highest BCUT2D eigenvalue weighted by Gasteiger charge is 2.35. The topological polar surface area (TPSA) is 43.8 Å².